The molecule has 0 saturated carbocycles. The number of amides is 3. The second-order valence-corrected chi connectivity index (χ2v) is 10.8. The topological polar surface area (TPSA) is 113 Å². The normalized spacial score (nSPS) is 13.0. The number of urea groups is 1. The molecule has 2 aromatic heterocycles. The number of hydrogen-bond acceptors (Lipinski definition) is 7. The van der Waals surface area contributed by atoms with Gasteiger partial charge >= 0.3 is 6.03 Å². The van der Waals surface area contributed by atoms with Gasteiger partial charge in [0.1, 0.15) is 5.82 Å². The lowest BCUT2D eigenvalue weighted by Crippen LogP contribution is -2.37. The van der Waals surface area contributed by atoms with Crippen molar-refractivity contribution in [2.75, 3.05) is 55.9 Å². The number of carbonyl (C=O) groups excluding carboxylic acids is 2. The van der Waals surface area contributed by atoms with Crippen LogP contribution in [0.25, 0.3) is 33.4 Å². The number of aryl methyl sites for hydroxylation is 1. The summed E-state index contributed by atoms with van der Waals surface area (Å²) in [6.45, 7) is 4.87. The Bertz CT molecular complexity index is 1820. The van der Waals surface area contributed by atoms with Gasteiger partial charge in [0.25, 0.3) is 5.91 Å². The molecular formula is C34H33N7O3. The summed E-state index contributed by atoms with van der Waals surface area (Å²) in [6, 6.07) is 22.1. The predicted octanol–water partition coefficient (Wildman–Crippen LogP) is 5.85. The number of hydrogen-bond donors (Lipinski definition) is 2. The van der Waals surface area contributed by atoms with Crippen molar-refractivity contribution >= 4 is 40.0 Å². The minimum Gasteiger partial charge on any atom is -0.378 e. The Hall–Kier alpha value is -5.35. The lowest BCUT2D eigenvalue weighted by atomic mass is 10.0. The Morgan fingerprint density at radius 1 is 0.841 bits per heavy atom. The Labute approximate surface area is 255 Å². The highest BCUT2D eigenvalue weighted by Crippen LogP contribution is 2.32. The smallest absolute Gasteiger partial charge is 0.323 e. The molecule has 1 aliphatic heterocycles. The minimum atomic E-state index is -0.390. The fourth-order valence-electron chi connectivity index (χ4n) is 5.14. The van der Waals surface area contributed by atoms with Gasteiger partial charge < -0.3 is 25.2 Å². The number of anilines is 3. The van der Waals surface area contributed by atoms with Crippen LogP contribution in [0.4, 0.5) is 22.0 Å². The Morgan fingerprint density at radius 2 is 1.50 bits per heavy atom. The number of pyridine rings is 1. The van der Waals surface area contributed by atoms with E-state index in [-0.39, 0.29) is 11.9 Å². The molecule has 5 aromatic rings. The highest BCUT2D eigenvalue weighted by atomic mass is 16.5. The maximum atomic E-state index is 12.7. The number of carbonyl (C=O) groups is 2. The van der Waals surface area contributed by atoms with Gasteiger partial charge in [-0.05, 0) is 84.8 Å². The van der Waals surface area contributed by atoms with E-state index in [2.05, 4.69) is 45.6 Å². The molecule has 3 amide bonds. The van der Waals surface area contributed by atoms with E-state index in [0.717, 1.165) is 52.1 Å². The van der Waals surface area contributed by atoms with E-state index in [1.807, 2.05) is 36.5 Å². The van der Waals surface area contributed by atoms with E-state index >= 15 is 0 Å². The van der Waals surface area contributed by atoms with Crippen LogP contribution in [0.15, 0.2) is 85.2 Å². The van der Waals surface area contributed by atoms with Crippen LogP contribution < -0.4 is 15.5 Å². The molecule has 0 radical (unpaired) electrons. The lowest BCUT2D eigenvalue weighted by molar-refractivity contribution is 0.0827. The highest BCUT2D eigenvalue weighted by molar-refractivity contribution is 6.00. The van der Waals surface area contributed by atoms with Crippen LogP contribution in [0.2, 0.25) is 0 Å². The van der Waals surface area contributed by atoms with E-state index in [1.165, 1.54) is 4.90 Å². The molecule has 0 unspecified atom stereocenters. The van der Waals surface area contributed by atoms with Crippen LogP contribution >= 0.6 is 0 Å². The molecule has 0 spiro atoms. The van der Waals surface area contributed by atoms with Gasteiger partial charge in [-0.2, -0.15) is 0 Å². The minimum absolute atomic E-state index is 0.0995. The average Bonchev–Trinajstić information content (AvgIpc) is 3.05. The van der Waals surface area contributed by atoms with Crippen molar-refractivity contribution in [3.8, 4) is 22.5 Å². The van der Waals surface area contributed by atoms with Gasteiger partial charge in [-0.25, -0.2) is 14.8 Å². The zero-order valence-electron chi connectivity index (χ0n) is 24.9. The van der Waals surface area contributed by atoms with E-state index in [4.69, 9.17) is 14.7 Å². The van der Waals surface area contributed by atoms with Crippen molar-refractivity contribution in [3.63, 3.8) is 0 Å². The molecule has 10 heteroatoms. The number of benzene rings is 3. The van der Waals surface area contributed by atoms with Crippen molar-refractivity contribution in [1.29, 1.82) is 0 Å². The van der Waals surface area contributed by atoms with Gasteiger partial charge in [0.15, 0.2) is 5.82 Å². The van der Waals surface area contributed by atoms with Gasteiger partial charge in [0.05, 0.1) is 18.7 Å². The first-order valence-electron chi connectivity index (χ1n) is 14.4. The molecule has 6 rings (SSSR count). The maximum absolute atomic E-state index is 12.7. The number of nitrogens with zero attached hydrogens (tertiary/aromatic N) is 5. The molecule has 1 saturated heterocycles. The first-order valence-corrected chi connectivity index (χ1v) is 14.4. The maximum Gasteiger partial charge on any atom is 0.323 e. The second kappa shape index (κ2) is 12.5. The predicted molar refractivity (Wildman–Crippen MR) is 173 cm³/mol. The van der Waals surface area contributed by atoms with Crippen molar-refractivity contribution in [2.24, 2.45) is 0 Å². The summed E-state index contributed by atoms with van der Waals surface area (Å²) in [5, 5.41) is 6.63. The summed E-state index contributed by atoms with van der Waals surface area (Å²) in [7, 11) is 3.39. The van der Waals surface area contributed by atoms with E-state index in [0.29, 0.717) is 36.0 Å². The van der Waals surface area contributed by atoms with Gasteiger partial charge in [-0.15, -0.1) is 0 Å². The quantitative estimate of drug-likeness (QED) is 0.256. The zero-order valence-corrected chi connectivity index (χ0v) is 24.9. The van der Waals surface area contributed by atoms with Gasteiger partial charge in [0.2, 0.25) is 0 Å². The summed E-state index contributed by atoms with van der Waals surface area (Å²) in [4.78, 5) is 42.8. The first-order chi connectivity index (χ1) is 21.4. The lowest BCUT2D eigenvalue weighted by Gasteiger charge is -2.29. The van der Waals surface area contributed by atoms with E-state index < -0.39 is 0 Å². The molecule has 2 N–H and O–H groups in total. The van der Waals surface area contributed by atoms with Crippen molar-refractivity contribution in [1.82, 2.24) is 19.9 Å². The standard InChI is InChI=1S/C34H33N7O3/c1-22-14-15-35-21-29(22)25-8-13-28-30(20-25)38-31(39-32(28)41-16-18-44-19-17-41)23-4-9-26(10-5-23)36-34(43)37-27-11-6-24(7-12-27)33(42)40(2)3/h4-15,20-21H,16-19H2,1-3H3,(H2,36,37,43). The number of aromatic nitrogens is 3. The average molecular weight is 588 g/mol. The molecule has 1 fully saturated rings. The summed E-state index contributed by atoms with van der Waals surface area (Å²) in [6.07, 6.45) is 3.68. The highest BCUT2D eigenvalue weighted by Gasteiger charge is 2.19. The molecule has 0 bridgehead atoms. The van der Waals surface area contributed by atoms with Crippen LogP contribution in [0.1, 0.15) is 15.9 Å². The van der Waals surface area contributed by atoms with Crippen LogP contribution in [-0.2, 0) is 4.74 Å². The summed E-state index contributed by atoms with van der Waals surface area (Å²) in [5.74, 6) is 1.38. The zero-order chi connectivity index (χ0) is 30.6. The molecule has 222 valence electrons. The fourth-order valence-corrected chi connectivity index (χ4v) is 5.14. The van der Waals surface area contributed by atoms with Crippen molar-refractivity contribution < 1.29 is 14.3 Å². The number of rotatable bonds is 6. The van der Waals surface area contributed by atoms with Crippen LogP contribution in [0.3, 0.4) is 0 Å². The van der Waals surface area contributed by atoms with Crippen LogP contribution in [-0.4, -0.2) is 72.2 Å². The van der Waals surface area contributed by atoms with Crippen molar-refractivity contribution in [2.45, 2.75) is 6.92 Å². The third kappa shape index (κ3) is 6.20. The number of morpholine rings is 1. The third-order valence-corrected chi connectivity index (χ3v) is 7.53. The molecule has 0 atom stereocenters. The molecule has 3 heterocycles. The number of fused-ring (bicyclic) bond motifs is 1. The van der Waals surface area contributed by atoms with E-state index in [1.54, 1.807) is 44.6 Å². The van der Waals surface area contributed by atoms with Crippen LogP contribution in [0, 0.1) is 6.92 Å². The summed E-state index contributed by atoms with van der Waals surface area (Å²) in [5.41, 5.74) is 6.68. The first kappa shape index (κ1) is 28.8. The Balaban J connectivity index is 1.25. The molecule has 1 aliphatic rings. The van der Waals surface area contributed by atoms with Gasteiger partial charge in [0, 0.05) is 73.0 Å². The Kier molecular flexibility index (Phi) is 8.16. The van der Waals surface area contributed by atoms with Crippen LogP contribution in [0.5, 0.6) is 0 Å². The monoisotopic (exact) mass is 587 g/mol. The molecular weight excluding hydrogens is 554 g/mol. The molecule has 0 aliphatic carbocycles. The number of nitrogens with one attached hydrogen (secondary N) is 2. The fraction of sp³-hybridized carbons (Fsp3) is 0.206. The summed E-state index contributed by atoms with van der Waals surface area (Å²) < 4.78 is 5.60. The molecule has 10 nitrogen and oxygen atoms in total. The summed E-state index contributed by atoms with van der Waals surface area (Å²) >= 11 is 0. The van der Waals surface area contributed by atoms with Gasteiger partial charge in [-0.1, -0.05) is 6.07 Å². The number of ether oxygens (including phenoxy) is 1. The largest absolute Gasteiger partial charge is 0.378 e. The molecule has 44 heavy (non-hydrogen) atoms. The van der Waals surface area contributed by atoms with Gasteiger partial charge in [-0.3, -0.25) is 9.78 Å². The second-order valence-electron chi connectivity index (χ2n) is 10.8. The van der Waals surface area contributed by atoms with Crippen molar-refractivity contribution in [3.05, 3.63) is 96.3 Å². The SMILES string of the molecule is Cc1ccncc1-c1ccc2c(N3CCOCC3)nc(-c3ccc(NC(=O)Nc4ccc(C(=O)N(C)C)cc4)cc3)nc2c1. The molecule has 3 aromatic carbocycles. The van der Waals surface area contributed by atoms with E-state index in [9.17, 15) is 9.59 Å². The third-order valence-electron chi connectivity index (χ3n) is 7.53. The Morgan fingerprint density at radius 3 is 2.16 bits per heavy atom.